The molecule has 0 saturated heterocycles. The van der Waals surface area contributed by atoms with Crippen LogP contribution in [0.4, 0.5) is 0 Å². The summed E-state index contributed by atoms with van der Waals surface area (Å²) in [6.45, 7) is 3.16. The fraction of sp³-hybridized carbons (Fsp3) is 0.533. The number of nitrogens with zero attached hydrogens (tertiary/aromatic N) is 2. The van der Waals surface area contributed by atoms with Gasteiger partial charge in [-0.3, -0.25) is 4.90 Å². The summed E-state index contributed by atoms with van der Waals surface area (Å²) in [7, 11) is 0. The highest BCUT2D eigenvalue weighted by Crippen LogP contribution is 2.29. The molecule has 2 aromatic rings. The first-order valence-corrected chi connectivity index (χ1v) is 8.32. The maximum absolute atomic E-state index is 4.44. The summed E-state index contributed by atoms with van der Waals surface area (Å²) in [5, 5.41) is 8.09. The van der Waals surface area contributed by atoms with Crippen molar-refractivity contribution in [2.75, 3.05) is 6.54 Å². The van der Waals surface area contributed by atoms with Gasteiger partial charge in [0.2, 0.25) is 0 Å². The molecule has 1 aliphatic carbocycles. The Balaban J connectivity index is 1.41. The molecule has 3 heterocycles. The van der Waals surface area contributed by atoms with Gasteiger partial charge in [-0.15, -0.1) is 0 Å². The fourth-order valence-electron chi connectivity index (χ4n) is 3.04. The van der Waals surface area contributed by atoms with Crippen molar-refractivity contribution in [3.63, 3.8) is 0 Å². The average molecular weight is 288 g/mol. The van der Waals surface area contributed by atoms with Crippen molar-refractivity contribution in [3.05, 3.63) is 40.1 Å². The second kappa shape index (κ2) is 5.31. The minimum absolute atomic E-state index is 0.532. The largest absolute Gasteiger partial charge is 0.347 e. The van der Waals surface area contributed by atoms with Gasteiger partial charge in [0, 0.05) is 38.1 Å². The predicted octanol–water partition coefficient (Wildman–Crippen LogP) is 2.15. The smallest absolute Gasteiger partial charge is 0.0925 e. The molecule has 4 rings (SSSR count). The summed E-state index contributed by atoms with van der Waals surface area (Å²) in [6, 6.07) is 3.59. The van der Waals surface area contributed by atoms with Gasteiger partial charge in [0.05, 0.1) is 17.7 Å². The van der Waals surface area contributed by atoms with Gasteiger partial charge < -0.3 is 10.3 Å². The molecule has 0 amide bonds. The number of thiophene rings is 1. The summed E-state index contributed by atoms with van der Waals surface area (Å²) >= 11 is 1.80. The van der Waals surface area contributed by atoms with Crippen LogP contribution in [0.3, 0.4) is 0 Å². The summed E-state index contributed by atoms with van der Waals surface area (Å²) < 4.78 is 0. The first-order chi connectivity index (χ1) is 9.88. The number of nitrogens with one attached hydrogen (secondary N) is 2. The highest BCUT2D eigenvalue weighted by atomic mass is 32.1. The van der Waals surface area contributed by atoms with Crippen LogP contribution in [0.25, 0.3) is 0 Å². The van der Waals surface area contributed by atoms with Crippen molar-refractivity contribution in [1.29, 1.82) is 0 Å². The van der Waals surface area contributed by atoms with E-state index in [1.165, 1.54) is 29.8 Å². The van der Waals surface area contributed by atoms with E-state index in [0.717, 1.165) is 32.1 Å². The summed E-state index contributed by atoms with van der Waals surface area (Å²) in [5.41, 5.74) is 3.97. The Morgan fingerprint density at radius 1 is 1.40 bits per heavy atom. The van der Waals surface area contributed by atoms with Crippen molar-refractivity contribution in [1.82, 2.24) is 20.2 Å². The number of hydrogen-bond donors (Lipinski definition) is 2. The molecule has 0 radical (unpaired) electrons. The molecule has 2 aromatic heterocycles. The van der Waals surface area contributed by atoms with E-state index in [1.54, 1.807) is 11.3 Å². The van der Waals surface area contributed by atoms with Crippen molar-refractivity contribution >= 4 is 11.3 Å². The molecular weight excluding hydrogens is 268 g/mol. The Hall–Kier alpha value is -1.17. The number of fused-ring (bicyclic) bond motifs is 1. The van der Waals surface area contributed by atoms with Crippen molar-refractivity contribution < 1.29 is 0 Å². The standard InChI is InChI=1S/C15H20N4S/c1-2-13(1)19(7-11-3-4-20-9-11)8-12-5-14-15(6-16-12)18-10-17-14/h3-4,9-10,12-13,16H,1-2,5-8H2,(H,17,18). The molecular formula is C15H20N4S. The lowest BCUT2D eigenvalue weighted by molar-refractivity contribution is 0.218. The minimum Gasteiger partial charge on any atom is -0.347 e. The van der Waals surface area contributed by atoms with Crippen LogP contribution in [0.2, 0.25) is 0 Å². The van der Waals surface area contributed by atoms with Crippen molar-refractivity contribution in [2.24, 2.45) is 0 Å². The first kappa shape index (κ1) is 12.6. The van der Waals surface area contributed by atoms with E-state index in [2.05, 4.69) is 37.0 Å². The van der Waals surface area contributed by atoms with Gasteiger partial charge in [-0.05, 0) is 35.2 Å². The third-order valence-electron chi connectivity index (χ3n) is 4.30. The summed E-state index contributed by atoms with van der Waals surface area (Å²) in [4.78, 5) is 10.3. The zero-order valence-electron chi connectivity index (χ0n) is 11.5. The van der Waals surface area contributed by atoms with E-state index in [9.17, 15) is 0 Å². The number of rotatable bonds is 5. The highest BCUT2D eigenvalue weighted by molar-refractivity contribution is 7.07. The molecule has 1 atom stereocenters. The van der Waals surface area contributed by atoms with Gasteiger partial charge in [-0.25, -0.2) is 4.98 Å². The van der Waals surface area contributed by atoms with Crippen LogP contribution >= 0.6 is 11.3 Å². The van der Waals surface area contributed by atoms with Crippen LogP contribution in [0.5, 0.6) is 0 Å². The van der Waals surface area contributed by atoms with Gasteiger partial charge in [-0.2, -0.15) is 11.3 Å². The van der Waals surface area contributed by atoms with Crippen LogP contribution < -0.4 is 5.32 Å². The molecule has 2 N–H and O–H groups in total. The highest BCUT2D eigenvalue weighted by Gasteiger charge is 2.31. The number of hydrogen-bond acceptors (Lipinski definition) is 4. The topological polar surface area (TPSA) is 44.0 Å². The van der Waals surface area contributed by atoms with E-state index < -0.39 is 0 Å². The zero-order valence-corrected chi connectivity index (χ0v) is 12.3. The molecule has 2 aliphatic rings. The quantitative estimate of drug-likeness (QED) is 0.886. The Morgan fingerprint density at radius 3 is 3.15 bits per heavy atom. The van der Waals surface area contributed by atoms with E-state index in [-0.39, 0.29) is 0 Å². The molecule has 1 fully saturated rings. The number of H-pyrrole nitrogens is 1. The molecule has 0 aromatic carbocycles. The molecule has 1 unspecified atom stereocenters. The zero-order chi connectivity index (χ0) is 13.4. The van der Waals surface area contributed by atoms with E-state index in [4.69, 9.17) is 0 Å². The first-order valence-electron chi connectivity index (χ1n) is 7.38. The second-order valence-corrected chi connectivity index (χ2v) is 6.68. The predicted molar refractivity (Wildman–Crippen MR) is 80.7 cm³/mol. The molecule has 5 heteroatoms. The van der Waals surface area contributed by atoms with Crippen molar-refractivity contribution in [3.8, 4) is 0 Å². The van der Waals surface area contributed by atoms with Gasteiger partial charge in [0.1, 0.15) is 0 Å². The van der Waals surface area contributed by atoms with Crippen LogP contribution in [0.15, 0.2) is 23.2 Å². The Labute approximate surface area is 123 Å². The van der Waals surface area contributed by atoms with Gasteiger partial charge in [-0.1, -0.05) is 0 Å². The fourth-order valence-corrected chi connectivity index (χ4v) is 3.70. The maximum Gasteiger partial charge on any atom is 0.0925 e. The lowest BCUT2D eigenvalue weighted by atomic mass is 10.0. The minimum atomic E-state index is 0.532. The Bertz CT molecular complexity index is 558. The normalized spacial score (nSPS) is 22.1. The van der Waals surface area contributed by atoms with Gasteiger partial charge in [0.25, 0.3) is 0 Å². The monoisotopic (exact) mass is 288 g/mol. The number of aromatic amines is 1. The van der Waals surface area contributed by atoms with Gasteiger partial charge in [0.15, 0.2) is 0 Å². The molecule has 1 saturated carbocycles. The SMILES string of the molecule is c1nc2c([nH]1)CNC(CN(Cc1ccsc1)C1CC1)C2. The third kappa shape index (κ3) is 2.66. The lowest BCUT2D eigenvalue weighted by Crippen LogP contribution is -2.45. The molecule has 0 bridgehead atoms. The van der Waals surface area contributed by atoms with E-state index >= 15 is 0 Å². The molecule has 4 nitrogen and oxygen atoms in total. The van der Waals surface area contributed by atoms with E-state index in [0.29, 0.717) is 6.04 Å². The number of imidazole rings is 1. The second-order valence-electron chi connectivity index (χ2n) is 5.90. The number of aromatic nitrogens is 2. The third-order valence-corrected chi connectivity index (χ3v) is 5.03. The molecule has 106 valence electrons. The maximum atomic E-state index is 4.44. The molecule has 20 heavy (non-hydrogen) atoms. The van der Waals surface area contributed by atoms with Crippen LogP contribution in [-0.2, 0) is 19.5 Å². The Morgan fingerprint density at radius 2 is 2.35 bits per heavy atom. The Kier molecular flexibility index (Phi) is 3.34. The van der Waals surface area contributed by atoms with Crippen LogP contribution in [0, 0.1) is 0 Å². The average Bonchev–Trinajstić information content (AvgIpc) is 2.99. The van der Waals surface area contributed by atoms with Crippen LogP contribution in [-0.4, -0.2) is 33.5 Å². The summed E-state index contributed by atoms with van der Waals surface area (Å²) in [5.74, 6) is 0. The van der Waals surface area contributed by atoms with E-state index in [1.807, 2.05) is 6.33 Å². The lowest BCUT2D eigenvalue weighted by Gasteiger charge is -2.30. The summed E-state index contributed by atoms with van der Waals surface area (Å²) in [6.07, 6.45) is 5.60. The van der Waals surface area contributed by atoms with Gasteiger partial charge >= 0.3 is 0 Å². The van der Waals surface area contributed by atoms with Crippen LogP contribution in [0.1, 0.15) is 29.8 Å². The molecule has 0 spiro atoms. The molecule has 1 aliphatic heterocycles. The van der Waals surface area contributed by atoms with Crippen molar-refractivity contribution in [2.45, 2.75) is 44.4 Å².